The number of phenols is 1. The molecule has 7 nitrogen and oxygen atoms in total. The third kappa shape index (κ3) is 5.00. The van der Waals surface area contributed by atoms with Crippen LogP contribution in [0.5, 0.6) is 5.75 Å². The third-order valence-electron chi connectivity index (χ3n) is 7.27. The lowest BCUT2D eigenvalue weighted by Crippen LogP contribution is -2.29. The smallest absolute Gasteiger partial charge is 0.226 e. The minimum absolute atomic E-state index is 0.0148. The van der Waals surface area contributed by atoms with Gasteiger partial charge in [0.2, 0.25) is 5.91 Å². The van der Waals surface area contributed by atoms with Crippen molar-refractivity contribution in [2.75, 3.05) is 10.2 Å². The summed E-state index contributed by atoms with van der Waals surface area (Å²) in [6.07, 6.45) is 1.80. The molecule has 1 aliphatic heterocycles. The first kappa shape index (κ1) is 26.4. The number of amides is 1. The Hall–Kier alpha value is -4.17. The van der Waals surface area contributed by atoms with Crippen LogP contribution in [-0.2, 0) is 4.79 Å². The third-order valence-corrected chi connectivity index (χ3v) is 7.58. The van der Waals surface area contributed by atoms with Gasteiger partial charge in [-0.25, -0.2) is 0 Å². The summed E-state index contributed by atoms with van der Waals surface area (Å²) in [5.41, 5.74) is 7.84. The van der Waals surface area contributed by atoms with Crippen LogP contribution in [0.1, 0.15) is 54.1 Å². The Bertz CT molecular complexity index is 1530. The van der Waals surface area contributed by atoms with E-state index in [-0.39, 0.29) is 29.7 Å². The normalized spacial score (nSPS) is 17.0. The molecule has 1 aliphatic rings. The molecule has 2 aromatic carbocycles. The summed E-state index contributed by atoms with van der Waals surface area (Å²) in [6, 6.07) is 21.0. The Morgan fingerprint density at radius 3 is 2.38 bits per heavy atom. The van der Waals surface area contributed by atoms with Crippen molar-refractivity contribution in [3.63, 3.8) is 0 Å². The number of aryl methyl sites for hydroxylation is 2. The number of hydrogen-bond acceptors (Lipinski definition) is 4. The number of aromatic nitrogens is 2. The molecule has 2 aromatic heterocycles. The van der Waals surface area contributed by atoms with E-state index in [1.165, 1.54) is 0 Å². The summed E-state index contributed by atoms with van der Waals surface area (Å²) in [7, 11) is 0. The number of thiocarbonyl (C=S) groups is 1. The molecule has 0 aliphatic carbocycles. The van der Waals surface area contributed by atoms with E-state index in [0.29, 0.717) is 5.11 Å². The number of carbonyl (C=O) groups is 1. The molecule has 39 heavy (non-hydrogen) atoms. The molecule has 2 atom stereocenters. The lowest BCUT2D eigenvalue weighted by atomic mass is 9.96. The predicted molar refractivity (Wildman–Crippen MR) is 159 cm³/mol. The number of rotatable bonds is 6. The van der Waals surface area contributed by atoms with E-state index in [4.69, 9.17) is 12.2 Å². The highest BCUT2D eigenvalue weighted by molar-refractivity contribution is 7.80. The van der Waals surface area contributed by atoms with Crippen LogP contribution in [0.15, 0.2) is 72.9 Å². The molecule has 3 heterocycles. The molecule has 0 bridgehead atoms. The monoisotopic (exact) mass is 539 g/mol. The second-order valence-electron chi connectivity index (χ2n) is 10.3. The molecule has 4 aromatic rings. The van der Waals surface area contributed by atoms with Gasteiger partial charge in [-0.05, 0) is 105 Å². The van der Waals surface area contributed by atoms with Gasteiger partial charge in [0.15, 0.2) is 5.11 Å². The number of pyridine rings is 1. The number of anilines is 2. The molecule has 5 rings (SSSR count). The quantitative estimate of drug-likeness (QED) is 0.250. The van der Waals surface area contributed by atoms with Crippen LogP contribution in [0.25, 0.3) is 5.69 Å². The van der Waals surface area contributed by atoms with E-state index in [1.54, 1.807) is 18.3 Å². The zero-order valence-electron chi connectivity index (χ0n) is 22.8. The number of hydrogen-bond donors (Lipinski definition) is 3. The lowest BCUT2D eigenvalue weighted by molar-refractivity contribution is -0.118. The number of nitrogens with one attached hydrogen (secondary N) is 2. The van der Waals surface area contributed by atoms with E-state index in [1.807, 2.05) is 63.2 Å². The Morgan fingerprint density at radius 2 is 1.74 bits per heavy atom. The SMILES string of the molecule is Cc1cc(N2C(=S)N[C@@H](c3ccccn3)[C@H]2c2cc(C)n(-c3ccc(O)cc3)c2C)ccc1NC(=O)C(C)C. The fourth-order valence-corrected chi connectivity index (χ4v) is 5.60. The highest BCUT2D eigenvalue weighted by Gasteiger charge is 2.42. The summed E-state index contributed by atoms with van der Waals surface area (Å²) in [5, 5.41) is 17.0. The van der Waals surface area contributed by atoms with Crippen molar-refractivity contribution in [3.05, 3.63) is 101 Å². The standard InChI is InChI=1S/C31H33N5O2S/c1-18(2)30(38)33-26-14-11-23(16-19(26)3)36-29(28(34-31(36)39)27-8-6-7-15-32-27)25-17-20(4)35(21(25)5)22-9-12-24(37)13-10-22/h6-18,28-29,37H,1-5H3,(H,33,38)(H,34,39)/t28-,29+/m0/s1. The Balaban J connectivity index is 1.61. The fourth-order valence-electron chi connectivity index (χ4n) is 5.25. The lowest BCUT2D eigenvalue weighted by Gasteiger charge is -2.29. The number of carbonyl (C=O) groups excluding carboxylic acids is 1. The van der Waals surface area contributed by atoms with Crippen molar-refractivity contribution in [3.8, 4) is 11.4 Å². The number of aromatic hydroxyl groups is 1. The van der Waals surface area contributed by atoms with Crippen LogP contribution >= 0.6 is 12.2 Å². The zero-order chi connectivity index (χ0) is 27.8. The highest BCUT2D eigenvalue weighted by atomic mass is 32.1. The van der Waals surface area contributed by atoms with Crippen molar-refractivity contribution in [1.29, 1.82) is 0 Å². The van der Waals surface area contributed by atoms with Crippen molar-refractivity contribution >= 4 is 34.6 Å². The molecular formula is C31H33N5O2S. The minimum atomic E-state index is -0.173. The Labute approximate surface area is 234 Å². The number of phenolic OH excluding ortho intramolecular Hbond substituents is 1. The van der Waals surface area contributed by atoms with Gasteiger partial charge in [0, 0.05) is 40.6 Å². The topological polar surface area (TPSA) is 82.4 Å². The Kier molecular flexibility index (Phi) is 7.14. The van der Waals surface area contributed by atoms with E-state index >= 15 is 0 Å². The second-order valence-corrected chi connectivity index (χ2v) is 10.7. The molecule has 0 spiro atoms. The fraction of sp³-hybridized carbons (Fsp3) is 0.258. The summed E-state index contributed by atoms with van der Waals surface area (Å²) in [4.78, 5) is 19.2. The highest BCUT2D eigenvalue weighted by Crippen LogP contribution is 2.44. The van der Waals surface area contributed by atoms with Gasteiger partial charge in [-0.3, -0.25) is 9.78 Å². The molecule has 200 valence electrons. The van der Waals surface area contributed by atoms with Crippen molar-refractivity contribution in [2.24, 2.45) is 5.92 Å². The maximum atomic E-state index is 12.3. The Morgan fingerprint density at radius 1 is 1.03 bits per heavy atom. The van der Waals surface area contributed by atoms with Crippen LogP contribution in [-0.4, -0.2) is 25.7 Å². The molecule has 0 unspecified atom stereocenters. The molecule has 0 radical (unpaired) electrons. The van der Waals surface area contributed by atoms with Gasteiger partial charge in [-0.2, -0.15) is 0 Å². The molecule has 0 saturated carbocycles. The van der Waals surface area contributed by atoms with E-state index in [2.05, 4.69) is 51.1 Å². The second kappa shape index (κ2) is 10.5. The van der Waals surface area contributed by atoms with Gasteiger partial charge >= 0.3 is 0 Å². The maximum Gasteiger partial charge on any atom is 0.226 e. The van der Waals surface area contributed by atoms with Crippen LogP contribution in [0.4, 0.5) is 11.4 Å². The predicted octanol–water partition coefficient (Wildman–Crippen LogP) is 6.27. The average molecular weight is 540 g/mol. The van der Waals surface area contributed by atoms with Gasteiger partial charge in [0.25, 0.3) is 0 Å². The molecule has 1 saturated heterocycles. The van der Waals surface area contributed by atoms with Crippen LogP contribution in [0, 0.1) is 26.7 Å². The number of nitrogens with zero attached hydrogens (tertiary/aromatic N) is 3. The van der Waals surface area contributed by atoms with Crippen LogP contribution < -0.4 is 15.5 Å². The van der Waals surface area contributed by atoms with Gasteiger partial charge in [-0.1, -0.05) is 19.9 Å². The van der Waals surface area contributed by atoms with Crippen LogP contribution in [0.2, 0.25) is 0 Å². The molecule has 1 amide bonds. The van der Waals surface area contributed by atoms with Gasteiger partial charge in [-0.15, -0.1) is 0 Å². The maximum absolute atomic E-state index is 12.3. The summed E-state index contributed by atoms with van der Waals surface area (Å²) in [6.45, 7) is 9.95. The first-order valence-electron chi connectivity index (χ1n) is 13.1. The van der Waals surface area contributed by atoms with Gasteiger partial charge in [0.1, 0.15) is 5.75 Å². The van der Waals surface area contributed by atoms with Crippen molar-refractivity contribution in [1.82, 2.24) is 14.9 Å². The molecular weight excluding hydrogens is 506 g/mol. The first-order chi connectivity index (χ1) is 18.7. The molecule has 8 heteroatoms. The van der Waals surface area contributed by atoms with Crippen molar-refractivity contribution in [2.45, 2.75) is 46.7 Å². The average Bonchev–Trinajstić information content (AvgIpc) is 3.41. The van der Waals surface area contributed by atoms with Crippen LogP contribution in [0.3, 0.4) is 0 Å². The summed E-state index contributed by atoms with van der Waals surface area (Å²) >= 11 is 5.93. The van der Waals surface area contributed by atoms with E-state index < -0.39 is 0 Å². The first-order valence-corrected chi connectivity index (χ1v) is 13.5. The van der Waals surface area contributed by atoms with E-state index in [9.17, 15) is 9.90 Å². The van der Waals surface area contributed by atoms with Gasteiger partial charge in [0.05, 0.1) is 17.8 Å². The summed E-state index contributed by atoms with van der Waals surface area (Å²) < 4.78 is 2.19. The molecule has 1 fully saturated rings. The minimum Gasteiger partial charge on any atom is -0.508 e. The molecule has 3 N–H and O–H groups in total. The zero-order valence-corrected chi connectivity index (χ0v) is 23.6. The summed E-state index contributed by atoms with van der Waals surface area (Å²) in [5.74, 6) is 0.113. The van der Waals surface area contributed by atoms with E-state index in [0.717, 1.165) is 45.3 Å². The van der Waals surface area contributed by atoms with Crippen molar-refractivity contribution < 1.29 is 9.90 Å². The number of benzene rings is 2. The largest absolute Gasteiger partial charge is 0.508 e. The van der Waals surface area contributed by atoms with Gasteiger partial charge < -0.3 is 25.2 Å².